The number of aromatic amines is 1. The number of aryl methyl sites for hydroxylation is 2. The van der Waals surface area contributed by atoms with Crippen LogP contribution in [-0.4, -0.2) is 43.0 Å². The van der Waals surface area contributed by atoms with Crippen molar-refractivity contribution in [2.45, 2.75) is 32.1 Å². The second kappa shape index (κ2) is 6.70. The molecule has 20 heavy (non-hydrogen) atoms. The quantitative estimate of drug-likeness (QED) is 0.787. The lowest BCUT2D eigenvalue weighted by molar-refractivity contribution is 0.0950. The van der Waals surface area contributed by atoms with Crippen LogP contribution >= 0.6 is 0 Å². The van der Waals surface area contributed by atoms with Crippen LogP contribution in [0.1, 0.15) is 40.9 Å². The van der Waals surface area contributed by atoms with Gasteiger partial charge >= 0.3 is 0 Å². The molecule has 0 unspecified atom stereocenters. The van der Waals surface area contributed by atoms with Crippen molar-refractivity contribution in [1.82, 2.24) is 15.2 Å². The zero-order valence-electron chi connectivity index (χ0n) is 12.3. The fourth-order valence-corrected chi connectivity index (χ4v) is 2.54. The molecule has 1 heterocycles. The van der Waals surface area contributed by atoms with E-state index in [2.05, 4.69) is 15.2 Å². The summed E-state index contributed by atoms with van der Waals surface area (Å²) in [4.78, 5) is 28.9. The number of nitrogens with one attached hydrogen (secondary N) is 2. The van der Waals surface area contributed by atoms with Crippen LogP contribution in [0.4, 0.5) is 0 Å². The topological polar surface area (TPSA) is 65.2 Å². The van der Waals surface area contributed by atoms with E-state index in [0.29, 0.717) is 6.54 Å². The molecule has 5 nitrogen and oxygen atoms in total. The van der Waals surface area contributed by atoms with E-state index in [0.717, 1.165) is 49.9 Å². The third-order valence-electron chi connectivity index (χ3n) is 3.65. The number of nitrogens with zero attached hydrogens (tertiary/aromatic N) is 1. The monoisotopic (exact) mass is 277 g/mol. The van der Waals surface area contributed by atoms with Gasteiger partial charge in [0, 0.05) is 12.2 Å². The smallest absolute Gasteiger partial charge is 0.261 e. The number of hydrogen-bond acceptors (Lipinski definition) is 3. The molecule has 0 fully saturated rings. The van der Waals surface area contributed by atoms with E-state index < -0.39 is 0 Å². The van der Waals surface area contributed by atoms with E-state index in [9.17, 15) is 9.59 Å². The first-order valence-corrected chi connectivity index (χ1v) is 7.26. The number of rotatable bonds is 5. The number of aromatic nitrogens is 1. The van der Waals surface area contributed by atoms with Crippen LogP contribution in [0, 0.1) is 0 Å². The number of hydrogen-bond donors (Lipinski definition) is 2. The van der Waals surface area contributed by atoms with Crippen LogP contribution in [0.25, 0.3) is 0 Å². The number of amides is 1. The molecule has 0 atom stereocenters. The van der Waals surface area contributed by atoms with Crippen LogP contribution in [0.5, 0.6) is 0 Å². The predicted molar refractivity (Wildman–Crippen MR) is 79.2 cm³/mol. The molecule has 0 bridgehead atoms. The molecule has 1 amide bonds. The second-order valence-electron chi connectivity index (χ2n) is 5.64. The summed E-state index contributed by atoms with van der Waals surface area (Å²) in [6.45, 7) is 1.51. The van der Waals surface area contributed by atoms with Gasteiger partial charge in [-0.3, -0.25) is 9.59 Å². The molecule has 0 saturated heterocycles. The third-order valence-corrected chi connectivity index (χ3v) is 3.65. The Bertz CT molecular complexity index is 534. The maximum atomic E-state index is 12.1. The van der Waals surface area contributed by atoms with E-state index in [4.69, 9.17) is 0 Å². The number of H-pyrrole nitrogens is 1. The Kier molecular flexibility index (Phi) is 4.95. The molecule has 2 N–H and O–H groups in total. The summed E-state index contributed by atoms with van der Waals surface area (Å²) in [5.41, 5.74) is 2.10. The van der Waals surface area contributed by atoms with Gasteiger partial charge in [0.15, 0.2) is 0 Å². The lowest BCUT2D eigenvalue weighted by Crippen LogP contribution is -2.32. The molecule has 0 aliphatic heterocycles. The van der Waals surface area contributed by atoms with E-state index in [1.54, 1.807) is 6.07 Å². The Labute approximate surface area is 119 Å². The van der Waals surface area contributed by atoms with Crippen LogP contribution in [-0.2, 0) is 12.8 Å². The third kappa shape index (κ3) is 3.70. The molecular weight excluding hydrogens is 254 g/mol. The van der Waals surface area contributed by atoms with Crippen molar-refractivity contribution in [3.8, 4) is 0 Å². The number of fused-ring (bicyclic) bond motifs is 1. The van der Waals surface area contributed by atoms with Crippen LogP contribution in [0.15, 0.2) is 10.9 Å². The van der Waals surface area contributed by atoms with Crippen molar-refractivity contribution in [2.75, 3.05) is 27.2 Å². The Morgan fingerprint density at radius 1 is 1.35 bits per heavy atom. The molecular formula is C15H23N3O2. The minimum Gasteiger partial charge on any atom is -0.352 e. The van der Waals surface area contributed by atoms with Crippen molar-refractivity contribution in [3.05, 3.63) is 33.2 Å². The molecule has 0 radical (unpaired) electrons. The van der Waals surface area contributed by atoms with E-state index in [1.807, 2.05) is 14.1 Å². The van der Waals surface area contributed by atoms with E-state index >= 15 is 0 Å². The highest BCUT2D eigenvalue weighted by Gasteiger charge is 2.16. The van der Waals surface area contributed by atoms with Crippen molar-refractivity contribution in [2.24, 2.45) is 0 Å². The summed E-state index contributed by atoms with van der Waals surface area (Å²) < 4.78 is 0. The van der Waals surface area contributed by atoms with Gasteiger partial charge in [-0.2, -0.15) is 0 Å². The molecule has 0 spiro atoms. The minimum absolute atomic E-state index is 0.246. The maximum Gasteiger partial charge on any atom is 0.261 e. The van der Waals surface area contributed by atoms with Crippen molar-refractivity contribution in [3.63, 3.8) is 0 Å². The maximum absolute atomic E-state index is 12.1. The van der Waals surface area contributed by atoms with Gasteiger partial charge in [-0.05, 0) is 64.4 Å². The second-order valence-corrected chi connectivity index (χ2v) is 5.64. The summed E-state index contributed by atoms with van der Waals surface area (Å²) in [6, 6.07) is 1.77. The highest BCUT2D eigenvalue weighted by atomic mass is 16.2. The number of carbonyl (C=O) groups is 1. The molecule has 1 aromatic rings. The summed E-state index contributed by atoms with van der Waals surface area (Å²) >= 11 is 0. The standard InChI is InChI=1S/C15H23N3O2/c1-18(2)9-5-8-16-14(19)12-10-11-6-3-4-7-13(11)17-15(12)20/h10H,3-9H2,1-2H3,(H,16,19)(H,17,20). The van der Waals surface area contributed by atoms with Crippen molar-refractivity contribution >= 4 is 5.91 Å². The number of pyridine rings is 1. The summed E-state index contributed by atoms with van der Waals surface area (Å²) in [5.74, 6) is -0.265. The highest BCUT2D eigenvalue weighted by molar-refractivity contribution is 5.94. The normalized spacial score (nSPS) is 14.2. The Morgan fingerprint density at radius 2 is 2.10 bits per heavy atom. The van der Waals surface area contributed by atoms with Crippen LogP contribution in [0.3, 0.4) is 0 Å². The summed E-state index contributed by atoms with van der Waals surface area (Å²) in [7, 11) is 3.99. The van der Waals surface area contributed by atoms with Gasteiger partial charge in [0.2, 0.25) is 0 Å². The van der Waals surface area contributed by atoms with Gasteiger partial charge in [-0.15, -0.1) is 0 Å². The van der Waals surface area contributed by atoms with Gasteiger partial charge in [0.25, 0.3) is 11.5 Å². The molecule has 2 rings (SSSR count). The van der Waals surface area contributed by atoms with Crippen LogP contribution < -0.4 is 10.9 Å². The predicted octanol–water partition coefficient (Wildman–Crippen LogP) is 0.935. The lowest BCUT2D eigenvalue weighted by atomic mass is 9.95. The zero-order chi connectivity index (χ0) is 14.5. The average Bonchev–Trinajstić information content (AvgIpc) is 2.42. The first-order valence-electron chi connectivity index (χ1n) is 7.26. The highest BCUT2D eigenvalue weighted by Crippen LogP contribution is 2.18. The molecule has 1 aliphatic rings. The Balaban J connectivity index is 2.01. The molecule has 0 saturated carbocycles. The average molecular weight is 277 g/mol. The van der Waals surface area contributed by atoms with E-state index in [-0.39, 0.29) is 17.0 Å². The molecule has 110 valence electrons. The largest absolute Gasteiger partial charge is 0.352 e. The van der Waals surface area contributed by atoms with Gasteiger partial charge in [-0.1, -0.05) is 0 Å². The van der Waals surface area contributed by atoms with Gasteiger partial charge in [-0.25, -0.2) is 0 Å². The first kappa shape index (κ1) is 14.8. The minimum atomic E-state index is -0.268. The fourth-order valence-electron chi connectivity index (χ4n) is 2.54. The van der Waals surface area contributed by atoms with Gasteiger partial charge in [0.05, 0.1) is 0 Å². The lowest BCUT2D eigenvalue weighted by Gasteiger charge is -2.16. The molecule has 5 heteroatoms. The number of carbonyl (C=O) groups excluding carboxylic acids is 1. The van der Waals surface area contributed by atoms with E-state index in [1.165, 1.54) is 0 Å². The van der Waals surface area contributed by atoms with Gasteiger partial charge in [0.1, 0.15) is 5.56 Å². The molecule has 0 aromatic carbocycles. The Hall–Kier alpha value is -1.62. The zero-order valence-corrected chi connectivity index (χ0v) is 12.3. The van der Waals surface area contributed by atoms with Gasteiger partial charge < -0.3 is 15.2 Å². The summed E-state index contributed by atoms with van der Waals surface area (Å²) in [6.07, 6.45) is 4.98. The van der Waals surface area contributed by atoms with Crippen LogP contribution in [0.2, 0.25) is 0 Å². The summed E-state index contributed by atoms with van der Waals surface area (Å²) in [5, 5.41) is 2.82. The SMILES string of the molecule is CN(C)CCCNC(=O)c1cc2c([nH]c1=O)CCCC2. The van der Waals surface area contributed by atoms with Crippen molar-refractivity contribution in [1.29, 1.82) is 0 Å². The Morgan fingerprint density at radius 3 is 2.85 bits per heavy atom. The van der Waals surface area contributed by atoms with Crippen molar-refractivity contribution < 1.29 is 4.79 Å². The first-order chi connectivity index (χ1) is 9.58. The molecule has 1 aliphatic carbocycles. The fraction of sp³-hybridized carbons (Fsp3) is 0.600. The molecule has 1 aromatic heterocycles.